The Hall–Kier alpha value is -3.26. The number of amides is 1. The van der Waals surface area contributed by atoms with Crippen LogP contribution in [-0.2, 0) is 19.6 Å². The lowest BCUT2D eigenvalue weighted by atomic mass is 10.1. The number of nitrogens with one attached hydrogen (secondary N) is 1. The van der Waals surface area contributed by atoms with Gasteiger partial charge in [0.15, 0.2) is 0 Å². The molecule has 0 saturated carbocycles. The molecule has 0 spiro atoms. The molecule has 31 heavy (non-hydrogen) atoms. The number of aromatic nitrogens is 4. The lowest BCUT2D eigenvalue weighted by Crippen LogP contribution is -2.24. The Kier molecular flexibility index (Phi) is 5.73. The molecule has 0 bridgehead atoms. The molecule has 162 valence electrons. The molecular formula is C23H29N7O. The monoisotopic (exact) mass is 419 g/mol. The minimum atomic E-state index is -0.0367. The van der Waals surface area contributed by atoms with E-state index in [1.54, 1.807) is 4.90 Å². The van der Waals surface area contributed by atoms with Gasteiger partial charge in [0.25, 0.3) is 5.91 Å². The van der Waals surface area contributed by atoms with Crippen molar-refractivity contribution >= 4 is 17.5 Å². The first-order valence-electron chi connectivity index (χ1n) is 10.7. The highest BCUT2D eigenvalue weighted by Crippen LogP contribution is 2.32. The average Bonchev–Trinajstić information content (AvgIpc) is 3.33. The van der Waals surface area contributed by atoms with E-state index in [2.05, 4.69) is 28.7 Å². The lowest BCUT2D eigenvalue weighted by molar-refractivity contribution is 0.0996. The van der Waals surface area contributed by atoms with Crippen molar-refractivity contribution in [3.63, 3.8) is 0 Å². The number of carbonyl (C=O) groups is 1. The van der Waals surface area contributed by atoms with Gasteiger partial charge in [-0.05, 0) is 46.0 Å². The van der Waals surface area contributed by atoms with E-state index < -0.39 is 0 Å². The van der Waals surface area contributed by atoms with Crippen LogP contribution < -0.4 is 15.1 Å². The van der Waals surface area contributed by atoms with Crippen molar-refractivity contribution in [1.82, 2.24) is 24.8 Å². The minimum absolute atomic E-state index is 0.0367. The van der Waals surface area contributed by atoms with Crippen LogP contribution in [0.2, 0.25) is 0 Å². The summed E-state index contributed by atoms with van der Waals surface area (Å²) in [6.07, 6.45) is 1.84. The number of nitrogens with zero attached hydrogens (tertiary/aromatic N) is 6. The van der Waals surface area contributed by atoms with E-state index in [1.165, 1.54) is 0 Å². The van der Waals surface area contributed by atoms with Crippen LogP contribution in [0.4, 0.5) is 11.6 Å². The first-order valence-corrected chi connectivity index (χ1v) is 10.7. The summed E-state index contributed by atoms with van der Waals surface area (Å²) in [5.41, 5.74) is 4.34. The van der Waals surface area contributed by atoms with E-state index in [1.807, 2.05) is 56.4 Å². The minimum Gasteiger partial charge on any atom is -0.360 e. The Morgan fingerprint density at radius 2 is 2.03 bits per heavy atom. The molecule has 1 amide bonds. The summed E-state index contributed by atoms with van der Waals surface area (Å²) in [6.45, 7) is 8.85. The number of anilines is 2. The van der Waals surface area contributed by atoms with Crippen LogP contribution >= 0.6 is 0 Å². The molecule has 0 aliphatic carbocycles. The van der Waals surface area contributed by atoms with Crippen molar-refractivity contribution in [2.75, 3.05) is 30.4 Å². The zero-order chi connectivity index (χ0) is 22.1. The second-order valence-electron chi connectivity index (χ2n) is 7.71. The van der Waals surface area contributed by atoms with Crippen molar-refractivity contribution in [2.24, 2.45) is 0 Å². The van der Waals surface area contributed by atoms with Crippen molar-refractivity contribution in [2.45, 2.75) is 40.4 Å². The summed E-state index contributed by atoms with van der Waals surface area (Å²) < 4.78 is 2.12. The largest absolute Gasteiger partial charge is 0.360 e. The highest BCUT2D eigenvalue weighted by Gasteiger charge is 2.33. The molecule has 0 radical (unpaired) electrons. The van der Waals surface area contributed by atoms with Gasteiger partial charge in [-0.2, -0.15) is 0 Å². The van der Waals surface area contributed by atoms with E-state index in [0.717, 1.165) is 47.4 Å². The summed E-state index contributed by atoms with van der Waals surface area (Å²) in [5.74, 6) is 2.36. The lowest BCUT2D eigenvalue weighted by Gasteiger charge is -2.18. The van der Waals surface area contributed by atoms with E-state index >= 15 is 0 Å². The van der Waals surface area contributed by atoms with Crippen LogP contribution in [0.5, 0.6) is 0 Å². The zero-order valence-electron chi connectivity index (χ0n) is 18.8. The van der Waals surface area contributed by atoms with Gasteiger partial charge in [0.2, 0.25) is 0 Å². The molecule has 0 saturated heterocycles. The number of fused-ring (bicyclic) bond motifs is 1. The van der Waals surface area contributed by atoms with E-state index in [-0.39, 0.29) is 5.91 Å². The molecule has 0 aromatic carbocycles. The molecule has 0 atom stereocenters. The molecule has 3 aromatic heterocycles. The number of imidazole rings is 1. The maximum Gasteiger partial charge on any atom is 0.260 e. The average molecular weight is 420 g/mol. The van der Waals surface area contributed by atoms with Crippen LogP contribution in [0.25, 0.3) is 11.4 Å². The van der Waals surface area contributed by atoms with Gasteiger partial charge < -0.3 is 14.8 Å². The fourth-order valence-electron chi connectivity index (χ4n) is 4.00. The Labute approximate surface area is 182 Å². The summed E-state index contributed by atoms with van der Waals surface area (Å²) in [4.78, 5) is 31.2. The van der Waals surface area contributed by atoms with Gasteiger partial charge in [0, 0.05) is 32.2 Å². The highest BCUT2D eigenvalue weighted by molar-refractivity contribution is 6.10. The molecule has 8 heteroatoms. The predicted molar refractivity (Wildman–Crippen MR) is 122 cm³/mol. The van der Waals surface area contributed by atoms with Crippen LogP contribution in [0.15, 0.2) is 30.5 Å². The van der Waals surface area contributed by atoms with Crippen molar-refractivity contribution < 1.29 is 4.79 Å². The first kappa shape index (κ1) is 21.0. The Morgan fingerprint density at radius 3 is 2.74 bits per heavy atom. The summed E-state index contributed by atoms with van der Waals surface area (Å²) in [7, 11) is 3.88. The third kappa shape index (κ3) is 3.67. The second kappa shape index (κ2) is 8.47. The van der Waals surface area contributed by atoms with E-state index in [9.17, 15) is 4.79 Å². The van der Waals surface area contributed by atoms with Gasteiger partial charge in [0.1, 0.15) is 17.5 Å². The Balaban J connectivity index is 1.73. The van der Waals surface area contributed by atoms with Crippen LogP contribution in [0, 0.1) is 6.92 Å². The fourth-order valence-corrected chi connectivity index (χ4v) is 4.00. The van der Waals surface area contributed by atoms with Gasteiger partial charge in [0.05, 0.1) is 35.4 Å². The molecule has 0 unspecified atom stereocenters. The summed E-state index contributed by atoms with van der Waals surface area (Å²) >= 11 is 0. The summed E-state index contributed by atoms with van der Waals surface area (Å²) in [5, 5.41) is 3.18. The quantitative estimate of drug-likeness (QED) is 0.634. The topological polar surface area (TPSA) is 79.2 Å². The van der Waals surface area contributed by atoms with Crippen LogP contribution in [0.3, 0.4) is 0 Å². The molecule has 3 aromatic rings. The number of pyridine rings is 2. The molecule has 4 rings (SSSR count). The van der Waals surface area contributed by atoms with E-state index in [0.29, 0.717) is 24.5 Å². The standard InChI is InChI=1S/C23H29N7O/c1-6-28(5)22-11-16-17(19(27-22)12-24-4)14-30(23(16)31)21-10-8-9-18(26-21)20-13-25-15(3)29(20)7-2/h8-11,13,24H,6-7,12,14H2,1-5H3. The molecule has 1 aliphatic rings. The molecule has 4 heterocycles. The van der Waals surface area contributed by atoms with Crippen molar-refractivity contribution in [1.29, 1.82) is 0 Å². The normalized spacial score (nSPS) is 13.1. The molecule has 0 fully saturated rings. The summed E-state index contributed by atoms with van der Waals surface area (Å²) in [6, 6.07) is 7.69. The van der Waals surface area contributed by atoms with Crippen molar-refractivity contribution in [3.05, 3.63) is 53.1 Å². The number of carbonyl (C=O) groups excluding carboxylic acids is 1. The highest BCUT2D eigenvalue weighted by atomic mass is 16.2. The van der Waals surface area contributed by atoms with Gasteiger partial charge in [-0.15, -0.1) is 0 Å². The van der Waals surface area contributed by atoms with Gasteiger partial charge in [-0.25, -0.2) is 15.0 Å². The number of hydrogen-bond acceptors (Lipinski definition) is 6. The third-order valence-electron chi connectivity index (χ3n) is 5.84. The van der Waals surface area contributed by atoms with Crippen molar-refractivity contribution in [3.8, 4) is 11.4 Å². The smallest absolute Gasteiger partial charge is 0.260 e. The first-order chi connectivity index (χ1) is 15.0. The molecular weight excluding hydrogens is 390 g/mol. The maximum absolute atomic E-state index is 13.4. The van der Waals surface area contributed by atoms with Crippen LogP contribution in [0.1, 0.15) is 41.3 Å². The molecule has 8 nitrogen and oxygen atoms in total. The third-order valence-corrected chi connectivity index (χ3v) is 5.84. The second-order valence-corrected chi connectivity index (χ2v) is 7.71. The number of hydrogen-bond donors (Lipinski definition) is 1. The van der Waals surface area contributed by atoms with Crippen LogP contribution in [-0.4, -0.2) is 46.1 Å². The fraction of sp³-hybridized carbons (Fsp3) is 0.391. The number of aryl methyl sites for hydroxylation is 1. The predicted octanol–water partition coefficient (Wildman–Crippen LogP) is 3.00. The number of rotatable bonds is 7. The Bertz CT molecular complexity index is 1120. The molecule has 1 aliphatic heterocycles. The van der Waals surface area contributed by atoms with E-state index in [4.69, 9.17) is 9.97 Å². The molecule has 1 N–H and O–H groups in total. The maximum atomic E-state index is 13.4. The van der Waals surface area contributed by atoms with Gasteiger partial charge >= 0.3 is 0 Å². The van der Waals surface area contributed by atoms with Gasteiger partial charge in [-0.3, -0.25) is 9.69 Å². The Morgan fingerprint density at radius 1 is 1.23 bits per heavy atom. The SMILES string of the molecule is CCN(C)c1cc2c(c(CNC)n1)CN(c1cccc(-c3cnc(C)n3CC)n1)C2=O. The zero-order valence-corrected chi connectivity index (χ0v) is 18.8. The van der Waals surface area contributed by atoms with Gasteiger partial charge in [-0.1, -0.05) is 6.07 Å².